The zero-order valence-corrected chi connectivity index (χ0v) is 10.3. The lowest BCUT2D eigenvalue weighted by Crippen LogP contribution is -2.51. The number of ether oxygens (including phenoxy) is 2. The number of hydrogen-bond acceptors (Lipinski definition) is 4. The first-order valence-corrected chi connectivity index (χ1v) is 5.15. The van der Waals surface area contributed by atoms with E-state index in [1.807, 2.05) is 18.2 Å². The minimum absolute atomic E-state index is 0.773. The molecule has 0 radical (unpaired) electrons. The molecule has 0 aliphatic carbocycles. The van der Waals surface area contributed by atoms with Crippen LogP contribution < -0.4 is 15.2 Å². The van der Waals surface area contributed by atoms with Crippen molar-refractivity contribution in [3.05, 3.63) is 23.8 Å². The van der Waals surface area contributed by atoms with E-state index >= 15 is 0 Å². The third-order valence-electron chi connectivity index (χ3n) is 1.91. The predicted octanol–water partition coefficient (Wildman–Crippen LogP) is 0.503. The fraction of sp³-hybridized carbons (Fsp3) is 0.364. The highest BCUT2D eigenvalue weighted by molar-refractivity contribution is 7.64. The van der Waals surface area contributed by atoms with Gasteiger partial charge in [-0.05, 0) is 17.7 Å². The van der Waals surface area contributed by atoms with Crippen LogP contribution in [0.1, 0.15) is 5.56 Å². The van der Waals surface area contributed by atoms with Gasteiger partial charge < -0.3 is 27.8 Å². The van der Waals surface area contributed by atoms with Crippen LogP contribution in [-0.4, -0.2) is 20.8 Å². The van der Waals surface area contributed by atoms with E-state index < -0.39 is 0 Å². The summed E-state index contributed by atoms with van der Waals surface area (Å²) in [6.07, 6.45) is 0.973. The molecule has 5 heteroatoms. The smallest absolute Gasteiger partial charge is 0.160 e. The van der Waals surface area contributed by atoms with Crippen molar-refractivity contribution >= 4 is 12.6 Å². The molecule has 1 aromatic carbocycles. The van der Waals surface area contributed by atoms with Crippen LogP contribution in [0, 0.1) is 10.7 Å². The maximum absolute atomic E-state index is 7.13. The van der Waals surface area contributed by atoms with E-state index in [0.29, 0.717) is 0 Å². The largest absolute Gasteiger partial charge is 0.696 e. The number of benzene rings is 1. The van der Waals surface area contributed by atoms with Gasteiger partial charge in [0.2, 0.25) is 0 Å². The van der Waals surface area contributed by atoms with Gasteiger partial charge in [0.1, 0.15) is 0 Å². The molecule has 0 amide bonds. The Hall–Kier alpha value is -1.51. The molecule has 0 saturated heterocycles. The summed E-state index contributed by atoms with van der Waals surface area (Å²) in [5.74, 6) is 1.56. The topological polar surface area (TPSA) is 69.9 Å². The summed E-state index contributed by atoms with van der Waals surface area (Å²) in [6, 6.07) is 5.94. The summed E-state index contributed by atoms with van der Waals surface area (Å²) in [5.41, 5.74) is 5.04. The van der Waals surface area contributed by atoms with Crippen LogP contribution >= 0.6 is 0 Å². The monoisotopic (exact) mass is 240 g/mol. The Morgan fingerprint density at radius 3 is 2.31 bits per heavy atom. The molecular weight excluding hydrogens is 224 g/mol. The SMILES string of the molecule is COc1ccc(CC[NH3+])cc1OC.N#C[S-]. The van der Waals surface area contributed by atoms with Gasteiger partial charge >= 0.3 is 0 Å². The molecule has 3 N–H and O–H groups in total. The van der Waals surface area contributed by atoms with E-state index in [0.717, 1.165) is 24.5 Å². The average molecular weight is 240 g/mol. The van der Waals surface area contributed by atoms with Crippen LogP contribution in [0.15, 0.2) is 18.2 Å². The molecule has 0 unspecified atom stereocenters. The molecule has 16 heavy (non-hydrogen) atoms. The zero-order valence-electron chi connectivity index (χ0n) is 9.53. The lowest BCUT2D eigenvalue weighted by Gasteiger charge is -2.08. The van der Waals surface area contributed by atoms with Crippen LogP contribution in [0.5, 0.6) is 11.5 Å². The minimum atomic E-state index is 0.773. The Bertz CT molecular complexity index is 350. The van der Waals surface area contributed by atoms with Gasteiger partial charge in [-0.15, -0.1) is 0 Å². The lowest BCUT2D eigenvalue weighted by molar-refractivity contribution is -0.366. The lowest BCUT2D eigenvalue weighted by atomic mass is 10.1. The van der Waals surface area contributed by atoms with Crippen molar-refractivity contribution in [2.24, 2.45) is 0 Å². The van der Waals surface area contributed by atoms with E-state index in [1.54, 1.807) is 14.2 Å². The molecule has 88 valence electrons. The number of nitriles is 1. The number of hydrogen-bond donors (Lipinski definition) is 1. The van der Waals surface area contributed by atoms with Crippen LogP contribution in [-0.2, 0) is 19.0 Å². The summed E-state index contributed by atoms with van der Waals surface area (Å²) in [5, 5.41) is 8.47. The summed E-state index contributed by atoms with van der Waals surface area (Å²) >= 11 is 3.70. The molecule has 0 aromatic heterocycles. The Balaban J connectivity index is 0.000000673. The highest BCUT2D eigenvalue weighted by Gasteiger charge is 2.03. The first-order chi connectivity index (χ1) is 7.73. The normalized spacial score (nSPS) is 8.38. The summed E-state index contributed by atoms with van der Waals surface area (Å²) in [4.78, 5) is 0. The highest BCUT2D eigenvalue weighted by Crippen LogP contribution is 2.27. The van der Waals surface area contributed by atoms with E-state index in [-0.39, 0.29) is 0 Å². The molecule has 0 spiro atoms. The van der Waals surface area contributed by atoms with Crippen molar-refractivity contribution in [2.75, 3.05) is 20.8 Å². The van der Waals surface area contributed by atoms with Crippen LogP contribution in [0.2, 0.25) is 0 Å². The van der Waals surface area contributed by atoms with Gasteiger partial charge in [-0.1, -0.05) is 11.5 Å². The Morgan fingerprint density at radius 2 is 1.88 bits per heavy atom. The first kappa shape index (κ1) is 14.5. The molecule has 4 nitrogen and oxygen atoms in total. The number of rotatable bonds is 4. The van der Waals surface area contributed by atoms with Crippen LogP contribution in [0.25, 0.3) is 0 Å². The van der Waals surface area contributed by atoms with Gasteiger partial charge in [0, 0.05) is 6.42 Å². The van der Waals surface area contributed by atoms with Gasteiger partial charge in [-0.25, -0.2) is 5.26 Å². The predicted molar refractivity (Wildman–Crippen MR) is 64.0 cm³/mol. The third-order valence-corrected chi connectivity index (χ3v) is 1.91. The Labute approximate surface area is 101 Å². The molecule has 1 rings (SSSR count). The maximum atomic E-state index is 7.13. The zero-order chi connectivity index (χ0) is 12.4. The van der Waals surface area contributed by atoms with Crippen molar-refractivity contribution < 1.29 is 15.2 Å². The molecule has 0 atom stereocenters. The van der Waals surface area contributed by atoms with Gasteiger partial charge in [-0.3, -0.25) is 0 Å². The molecule has 0 heterocycles. The van der Waals surface area contributed by atoms with Crippen LogP contribution in [0.3, 0.4) is 0 Å². The molecular formula is C11H16N2O2S. The molecule has 1 aromatic rings. The Morgan fingerprint density at radius 1 is 1.31 bits per heavy atom. The van der Waals surface area contributed by atoms with Gasteiger partial charge in [-0.2, -0.15) is 0 Å². The van der Waals surface area contributed by atoms with Gasteiger partial charge in [0.25, 0.3) is 0 Å². The third kappa shape index (κ3) is 4.82. The number of methoxy groups -OCH3 is 2. The summed E-state index contributed by atoms with van der Waals surface area (Å²) in [6.45, 7) is 0.898. The minimum Gasteiger partial charge on any atom is -0.696 e. The van der Waals surface area contributed by atoms with Gasteiger partial charge in [0.15, 0.2) is 11.5 Å². The van der Waals surface area contributed by atoms with Crippen molar-refractivity contribution in [1.29, 1.82) is 5.26 Å². The quantitative estimate of drug-likeness (QED) is 0.614. The molecule has 0 aliphatic rings. The molecule has 0 bridgehead atoms. The van der Waals surface area contributed by atoms with E-state index in [2.05, 4.69) is 18.4 Å². The first-order valence-electron chi connectivity index (χ1n) is 4.74. The van der Waals surface area contributed by atoms with Crippen molar-refractivity contribution in [1.82, 2.24) is 0 Å². The Kier molecular flexibility index (Phi) is 7.94. The van der Waals surface area contributed by atoms with Crippen molar-refractivity contribution in [3.63, 3.8) is 0 Å². The van der Waals surface area contributed by atoms with Crippen LogP contribution in [0.4, 0.5) is 0 Å². The number of thiocyanates is 1. The highest BCUT2D eigenvalue weighted by atomic mass is 32.1. The average Bonchev–Trinajstić information content (AvgIpc) is 2.30. The van der Waals surface area contributed by atoms with E-state index in [4.69, 9.17) is 14.7 Å². The number of quaternary nitrogens is 1. The second kappa shape index (κ2) is 8.77. The summed E-state index contributed by atoms with van der Waals surface area (Å²) < 4.78 is 10.3. The van der Waals surface area contributed by atoms with Gasteiger partial charge in [0.05, 0.1) is 20.8 Å². The fourth-order valence-electron chi connectivity index (χ4n) is 1.24. The van der Waals surface area contributed by atoms with Crippen molar-refractivity contribution in [3.8, 4) is 16.9 Å². The van der Waals surface area contributed by atoms with E-state index in [1.165, 1.54) is 11.0 Å². The molecule has 0 saturated carbocycles. The van der Waals surface area contributed by atoms with E-state index in [9.17, 15) is 0 Å². The molecule has 0 fully saturated rings. The van der Waals surface area contributed by atoms with Crippen molar-refractivity contribution in [2.45, 2.75) is 6.42 Å². The second-order valence-electron chi connectivity index (χ2n) is 2.88. The summed E-state index contributed by atoms with van der Waals surface area (Å²) in [7, 11) is 3.28. The molecule has 0 aliphatic heterocycles. The second-order valence-corrected chi connectivity index (χ2v) is 3.07. The maximum Gasteiger partial charge on any atom is 0.160 e. The standard InChI is InChI=1S/C10H15NO2.CHNS/c1-12-9-4-3-8(5-6-11)7-10(9)13-2;2-1-3/h3-4,7H,5-6,11H2,1-2H3;3H. The number of nitrogens with zero attached hydrogens (tertiary/aromatic N) is 1. The fourth-order valence-corrected chi connectivity index (χ4v) is 1.24.